The molecular weight excluding hydrogens is 253 g/mol. The Morgan fingerprint density at radius 1 is 1.57 bits per heavy atom. The predicted molar refractivity (Wildman–Crippen MR) is 53.4 cm³/mol. The minimum absolute atomic E-state index is 0.136. The molecule has 3 nitrogen and oxygen atoms in total. The van der Waals surface area contributed by atoms with Crippen LogP contribution in [-0.2, 0) is 11.3 Å². The fourth-order valence-corrected chi connectivity index (χ4v) is 1.37. The minimum Gasteiger partial charge on any atom is -0.480 e. The number of carboxylic acids is 1. The standard InChI is InChI=1S/C9H9BrFNO2/c10-8-2-1-7(11)3-6(8)4-12-5-9(13)14/h1-3,12H,4-5H2,(H,13,14). The van der Waals surface area contributed by atoms with Crippen LogP contribution in [0.2, 0.25) is 0 Å². The van der Waals surface area contributed by atoms with Gasteiger partial charge in [0.2, 0.25) is 0 Å². The van der Waals surface area contributed by atoms with E-state index in [4.69, 9.17) is 5.11 Å². The van der Waals surface area contributed by atoms with Gasteiger partial charge in [0.05, 0.1) is 6.54 Å². The number of hydrogen-bond donors (Lipinski definition) is 2. The zero-order valence-corrected chi connectivity index (χ0v) is 8.84. The third-order valence-corrected chi connectivity index (χ3v) is 2.37. The summed E-state index contributed by atoms with van der Waals surface area (Å²) in [7, 11) is 0. The Balaban J connectivity index is 2.57. The van der Waals surface area contributed by atoms with Crippen LogP contribution in [0.5, 0.6) is 0 Å². The average Bonchev–Trinajstić information content (AvgIpc) is 2.10. The Kier molecular flexibility index (Phi) is 4.03. The number of carbonyl (C=O) groups is 1. The van der Waals surface area contributed by atoms with Crippen molar-refractivity contribution in [1.29, 1.82) is 0 Å². The van der Waals surface area contributed by atoms with Crippen LogP contribution < -0.4 is 5.32 Å². The molecule has 5 heteroatoms. The predicted octanol–water partition coefficient (Wildman–Crippen LogP) is 1.76. The first-order valence-electron chi connectivity index (χ1n) is 3.96. The maximum absolute atomic E-state index is 12.8. The van der Waals surface area contributed by atoms with Crippen LogP contribution in [0.1, 0.15) is 5.56 Å². The van der Waals surface area contributed by atoms with Crippen molar-refractivity contribution >= 4 is 21.9 Å². The first-order valence-corrected chi connectivity index (χ1v) is 4.75. The molecule has 1 rings (SSSR count). The fraction of sp³-hybridized carbons (Fsp3) is 0.222. The Morgan fingerprint density at radius 3 is 2.93 bits per heavy atom. The van der Waals surface area contributed by atoms with Crippen molar-refractivity contribution < 1.29 is 14.3 Å². The highest BCUT2D eigenvalue weighted by atomic mass is 79.9. The second kappa shape index (κ2) is 5.07. The highest BCUT2D eigenvalue weighted by molar-refractivity contribution is 9.10. The summed E-state index contributed by atoms with van der Waals surface area (Å²) in [6, 6.07) is 4.29. The highest BCUT2D eigenvalue weighted by Crippen LogP contribution is 2.17. The summed E-state index contributed by atoms with van der Waals surface area (Å²) in [5.41, 5.74) is 0.700. The number of aliphatic carboxylic acids is 1. The normalized spacial score (nSPS) is 10.1. The van der Waals surface area contributed by atoms with Crippen LogP contribution >= 0.6 is 15.9 Å². The van der Waals surface area contributed by atoms with Crippen LogP contribution in [0.3, 0.4) is 0 Å². The third kappa shape index (κ3) is 3.43. The second-order valence-electron chi connectivity index (χ2n) is 2.73. The smallest absolute Gasteiger partial charge is 0.317 e. The quantitative estimate of drug-likeness (QED) is 0.869. The van der Waals surface area contributed by atoms with Crippen molar-refractivity contribution in [2.45, 2.75) is 6.54 Å². The molecule has 0 atom stereocenters. The molecule has 0 radical (unpaired) electrons. The Labute approximate surface area is 89.1 Å². The molecule has 0 spiro atoms. The van der Waals surface area contributed by atoms with Crippen molar-refractivity contribution in [2.24, 2.45) is 0 Å². The highest BCUT2D eigenvalue weighted by Gasteiger charge is 2.02. The van der Waals surface area contributed by atoms with Crippen LogP contribution in [0.25, 0.3) is 0 Å². The van der Waals surface area contributed by atoms with Gasteiger partial charge in [-0.3, -0.25) is 4.79 Å². The first kappa shape index (κ1) is 11.1. The van der Waals surface area contributed by atoms with Crippen molar-refractivity contribution in [2.75, 3.05) is 6.54 Å². The topological polar surface area (TPSA) is 49.3 Å². The number of carboxylic acid groups (broad SMARTS) is 1. The molecule has 0 saturated heterocycles. The zero-order valence-electron chi connectivity index (χ0n) is 7.26. The molecule has 0 amide bonds. The van der Waals surface area contributed by atoms with Gasteiger partial charge in [0.25, 0.3) is 0 Å². The molecule has 0 aliphatic carbocycles. The molecule has 2 N–H and O–H groups in total. The van der Waals surface area contributed by atoms with Crippen molar-refractivity contribution in [1.82, 2.24) is 5.32 Å². The van der Waals surface area contributed by atoms with E-state index >= 15 is 0 Å². The lowest BCUT2D eigenvalue weighted by Gasteiger charge is -2.04. The summed E-state index contributed by atoms with van der Waals surface area (Å²) in [5, 5.41) is 11.0. The van der Waals surface area contributed by atoms with Gasteiger partial charge in [-0.1, -0.05) is 15.9 Å². The Bertz CT molecular complexity index is 344. The molecule has 76 valence electrons. The molecular formula is C9H9BrFNO2. The van der Waals surface area contributed by atoms with Crippen LogP contribution in [0.15, 0.2) is 22.7 Å². The van der Waals surface area contributed by atoms with E-state index in [0.29, 0.717) is 12.1 Å². The van der Waals surface area contributed by atoms with E-state index in [0.717, 1.165) is 4.47 Å². The van der Waals surface area contributed by atoms with E-state index in [-0.39, 0.29) is 12.4 Å². The second-order valence-corrected chi connectivity index (χ2v) is 3.59. The molecule has 0 saturated carbocycles. The van der Waals surface area contributed by atoms with Gasteiger partial charge in [0, 0.05) is 11.0 Å². The van der Waals surface area contributed by atoms with E-state index in [1.165, 1.54) is 12.1 Å². The van der Waals surface area contributed by atoms with Crippen LogP contribution in [0, 0.1) is 5.82 Å². The number of nitrogens with one attached hydrogen (secondary N) is 1. The van der Waals surface area contributed by atoms with Gasteiger partial charge in [0.1, 0.15) is 5.82 Å². The van der Waals surface area contributed by atoms with Crippen LogP contribution in [0.4, 0.5) is 4.39 Å². The third-order valence-electron chi connectivity index (χ3n) is 1.60. The molecule has 0 fully saturated rings. The lowest BCUT2D eigenvalue weighted by molar-refractivity contribution is -0.135. The van der Waals surface area contributed by atoms with Gasteiger partial charge in [-0.25, -0.2) is 4.39 Å². The van der Waals surface area contributed by atoms with Crippen molar-refractivity contribution in [3.05, 3.63) is 34.1 Å². The summed E-state index contributed by atoms with van der Waals surface area (Å²) < 4.78 is 13.5. The van der Waals surface area contributed by atoms with Gasteiger partial charge in [-0.15, -0.1) is 0 Å². The number of rotatable bonds is 4. The summed E-state index contributed by atoms with van der Waals surface area (Å²) in [6.45, 7) is 0.188. The molecule has 1 aromatic rings. The van der Waals surface area contributed by atoms with Crippen LogP contribution in [-0.4, -0.2) is 17.6 Å². The monoisotopic (exact) mass is 261 g/mol. The molecule has 14 heavy (non-hydrogen) atoms. The Morgan fingerprint density at radius 2 is 2.29 bits per heavy atom. The van der Waals surface area contributed by atoms with E-state index < -0.39 is 5.97 Å². The number of hydrogen-bond acceptors (Lipinski definition) is 2. The maximum Gasteiger partial charge on any atom is 0.317 e. The van der Waals surface area contributed by atoms with E-state index in [9.17, 15) is 9.18 Å². The van der Waals surface area contributed by atoms with Crippen molar-refractivity contribution in [3.8, 4) is 0 Å². The molecule has 0 aliphatic rings. The lowest BCUT2D eigenvalue weighted by atomic mass is 10.2. The zero-order chi connectivity index (χ0) is 10.6. The number of halogens is 2. The largest absolute Gasteiger partial charge is 0.480 e. The fourth-order valence-electron chi connectivity index (χ4n) is 0.983. The summed E-state index contributed by atoms with van der Waals surface area (Å²) >= 11 is 3.24. The van der Waals surface area contributed by atoms with E-state index in [2.05, 4.69) is 21.2 Å². The first-order chi connectivity index (χ1) is 6.59. The SMILES string of the molecule is O=C(O)CNCc1cc(F)ccc1Br. The summed E-state index contributed by atoms with van der Waals surface area (Å²) in [5.74, 6) is -1.27. The summed E-state index contributed by atoms with van der Waals surface area (Å²) in [4.78, 5) is 10.2. The molecule has 0 aromatic heterocycles. The number of benzene rings is 1. The van der Waals surface area contributed by atoms with Crippen molar-refractivity contribution in [3.63, 3.8) is 0 Å². The van der Waals surface area contributed by atoms with E-state index in [1.807, 2.05) is 0 Å². The molecule has 0 aliphatic heterocycles. The van der Waals surface area contributed by atoms with Gasteiger partial charge in [-0.05, 0) is 23.8 Å². The lowest BCUT2D eigenvalue weighted by Crippen LogP contribution is -2.22. The van der Waals surface area contributed by atoms with Gasteiger partial charge >= 0.3 is 5.97 Å². The Hall–Kier alpha value is -0.940. The minimum atomic E-state index is -0.933. The molecule has 0 bridgehead atoms. The molecule has 0 heterocycles. The van der Waals surface area contributed by atoms with E-state index in [1.54, 1.807) is 6.07 Å². The van der Waals surface area contributed by atoms with Gasteiger partial charge in [-0.2, -0.15) is 0 Å². The summed E-state index contributed by atoms with van der Waals surface area (Å²) in [6.07, 6.45) is 0. The van der Waals surface area contributed by atoms with Gasteiger partial charge < -0.3 is 10.4 Å². The molecule has 1 aromatic carbocycles. The van der Waals surface area contributed by atoms with Gasteiger partial charge in [0.15, 0.2) is 0 Å². The average molecular weight is 262 g/mol. The molecule has 0 unspecified atom stereocenters. The maximum atomic E-state index is 12.8.